The van der Waals surface area contributed by atoms with Crippen molar-refractivity contribution in [2.75, 3.05) is 20.3 Å². The molecule has 4 heteroatoms. The number of nitriles is 1. The molecule has 0 saturated heterocycles. The minimum absolute atomic E-state index is 0.0286. The van der Waals surface area contributed by atoms with Crippen LogP contribution in [0.2, 0.25) is 0 Å². The van der Waals surface area contributed by atoms with Crippen molar-refractivity contribution in [3.05, 3.63) is 23.8 Å². The number of rotatable bonds is 6. The van der Waals surface area contributed by atoms with Crippen LogP contribution in [-0.4, -0.2) is 20.3 Å². The normalized spacial score (nSPS) is 9.56. The number of nitrogens with one attached hydrogen (secondary N) is 1. The molecule has 0 bridgehead atoms. The molecule has 0 radical (unpaired) electrons. The van der Waals surface area contributed by atoms with Gasteiger partial charge in [-0.1, -0.05) is 12.1 Å². The summed E-state index contributed by atoms with van der Waals surface area (Å²) in [5, 5.41) is 11.6. The third-order valence-corrected chi connectivity index (χ3v) is 2.01. The molecule has 4 nitrogen and oxygen atoms in total. The molecule has 1 aromatic rings. The Kier molecular flexibility index (Phi) is 5.17. The van der Waals surface area contributed by atoms with Crippen LogP contribution in [0.4, 0.5) is 0 Å². The number of hydrogen-bond donors (Lipinski definition) is 1. The molecule has 86 valence electrons. The second-order valence-corrected chi connectivity index (χ2v) is 3.15. The van der Waals surface area contributed by atoms with Crippen molar-refractivity contribution in [1.82, 2.24) is 5.32 Å². The zero-order chi connectivity index (χ0) is 11.8. The summed E-state index contributed by atoms with van der Waals surface area (Å²) in [5.41, 5.74) is 0.990. The van der Waals surface area contributed by atoms with Crippen molar-refractivity contribution in [3.63, 3.8) is 0 Å². The standard InChI is InChI=1S/C12H16N2O2/c1-3-15-11-6-4-5-10(9-14-2)12(11)16-8-7-13/h4-6,14H,3,8-9H2,1-2H3. The minimum atomic E-state index is 0.0286. The lowest BCUT2D eigenvalue weighted by Crippen LogP contribution is -2.09. The van der Waals surface area contributed by atoms with Crippen LogP contribution < -0.4 is 14.8 Å². The lowest BCUT2D eigenvalue weighted by atomic mass is 10.2. The Morgan fingerprint density at radius 1 is 1.38 bits per heavy atom. The molecule has 0 atom stereocenters. The summed E-state index contributed by atoms with van der Waals surface area (Å²) in [6.07, 6.45) is 0. The summed E-state index contributed by atoms with van der Waals surface area (Å²) >= 11 is 0. The summed E-state index contributed by atoms with van der Waals surface area (Å²) in [6.45, 7) is 3.20. The first-order valence-electron chi connectivity index (χ1n) is 5.22. The van der Waals surface area contributed by atoms with Crippen molar-refractivity contribution in [2.45, 2.75) is 13.5 Å². The molecule has 0 saturated carbocycles. The molecule has 1 aromatic carbocycles. The van der Waals surface area contributed by atoms with Crippen molar-refractivity contribution >= 4 is 0 Å². The first kappa shape index (κ1) is 12.3. The average molecular weight is 220 g/mol. The second kappa shape index (κ2) is 6.70. The quantitative estimate of drug-likeness (QED) is 0.793. The number of para-hydroxylation sites is 1. The molecule has 1 N–H and O–H groups in total. The average Bonchev–Trinajstić information content (AvgIpc) is 2.29. The van der Waals surface area contributed by atoms with E-state index in [-0.39, 0.29) is 6.61 Å². The van der Waals surface area contributed by atoms with E-state index in [1.807, 2.05) is 38.2 Å². The fraction of sp³-hybridized carbons (Fsp3) is 0.417. The van der Waals surface area contributed by atoms with Crippen LogP contribution in [0.5, 0.6) is 11.5 Å². The molecule has 1 rings (SSSR count). The van der Waals surface area contributed by atoms with E-state index in [9.17, 15) is 0 Å². The molecule has 0 fully saturated rings. The van der Waals surface area contributed by atoms with E-state index in [4.69, 9.17) is 14.7 Å². The SMILES string of the molecule is CCOc1cccc(CNC)c1OCC#N. The van der Waals surface area contributed by atoms with Gasteiger partial charge in [0, 0.05) is 12.1 Å². The van der Waals surface area contributed by atoms with Gasteiger partial charge in [0.1, 0.15) is 6.07 Å². The Labute approximate surface area is 95.8 Å². The van der Waals surface area contributed by atoms with Gasteiger partial charge in [-0.3, -0.25) is 0 Å². The van der Waals surface area contributed by atoms with E-state index in [1.54, 1.807) is 0 Å². The topological polar surface area (TPSA) is 54.3 Å². The van der Waals surface area contributed by atoms with Crippen LogP contribution >= 0.6 is 0 Å². The molecule has 0 aliphatic carbocycles. The molecule has 0 aromatic heterocycles. The van der Waals surface area contributed by atoms with Crippen molar-refractivity contribution in [3.8, 4) is 17.6 Å². The number of hydrogen-bond acceptors (Lipinski definition) is 4. The highest BCUT2D eigenvalue weighted by Gasteiger charge is 2.09. The van der Waals surface area contributed by atoms with Crippen molar-refractivity contribution < 1.29 is 9.47 Å². The van der Waals surface area contributed by atoms with Crippen LogP contribution in [0.25, 0.3) is 0 Å². The van der Waals surface area contributed by atoms with Crippen LogP contribution in [0.3, 0.4) is 0 Å². The van der Waals surface area contributed by atoms with E-state index < -0.39 is 0 Å². The highest BCUT2D eigenvalue weighted by atomic mass is 16.5. The van der Waals surface area contributed by atoms with Gasteiger partial charge in [0.2, 0.25) is 0 Å². The van der Waals surface area contributed by atoms with Crippen molar-refractivity contribution in [2.24, 2.45) is 0 Å². The largest absolute Gasteiger partial charge is 0.490 e. The number of benzene rings is 1. The Hall–Kier alpha value is -1.73. The van der Waals surface area contributed by atoms with Gasteiger partial charge in [0.05, 0.1) is 6.61 Å². The first-order chi connectivity index (χ1) is 7.83. The number of ether oxygens (including phenoxy) is 2. The first-order valence-corrected chi connectivity index (χ1v) is 5.22. The van der Waals surface area contributed by atoms with E-state index >= 15 is 0 Å². The van der Waals surface area contributed by atoms with Gasteiger partial charge in [0.15, 0.2) is 18.1 Å². The third kappa shape index (κ3) is 3.14. The van der Waals surface area contributed by atoms with Crippen LogP contribution in [0.1, 0.15) is 12.5 Å². The predicted molar refractivity (Wildman–Crippen MR) is 61.5 cm³/mol. The zero-order valence-electron chi connectivity index (χ0n) is 9.62. The monoisotopic (exact) mass is 220 g/mol. The molecule has 0 heterocycles. The maximum Gasteiger partial charge on any atom is 0.174 e. The molecule has 0 spiro atoms. The van der Waals surface area contributed by atoms with Gasteiger partial charge in [-0.05, 0) is 20.0 Å². The maximum atomic E-state index is 8.54. The molecular formula is C12H16N2O2. The van der Waals surface area contributed by atoms with Gasteiger partial charge in [-0.25, -0.2) is 0 Å². The molecule has 0 aliphatic heterocycles. The minimum Gasteiger partial charge on any atom is -0.490 e. The van der Waals surface area contributed by atoms with Crippen LogP contribution in [0.15, 0.2) is 18.2 Å². The molecular weight excluding hydrogens is 204 g/mol. The summed E-state index contributed by atoms with van der Waals surface area (Å²) in [7, 11) is 1.86. The summed E-state index contributed by atoms with van der Waals surface area (Å²) < 4.78 is 10.9. The summed E-state index contributed by atoms with van der Waals surface area (Å²) in [6, 6.07) is 7.66. The number of nitrogens with zero attached hydrogens (tertiary/aromatic N) is 1. The Morgan fingerprint density at radius 3 is 2.81 bits per heavy atom. The lowest BCUT2D eigenvalue weighted by molar-refractivity contribution is 0.296. The van der Waals surface area contributed by atoms with Gasteiger partial charge in [-0.15, -0.1) is 0 Å². The van der Waals surface area contributed by atoms with Gasteiger partial charge in [-0.2, -0.15) is 5.26 Å². The molecule has 0 unspecified atom stereocenters. The summed E-state index contributed by atoms with van der Waals surface area (Å²) in [4.78, 5) is 0. The van der Waals surface area contributed by atoms with E-state index in [1.165, 1.54) is 0 Å². The molecule has 0 aliphatic rings. The Morgan fingerprint density at radius 2 is 2.19 bits per heavy atom. The van der Waals surface area contributed by atoms with Gasteiger partial charge < -0.3 is 14.8 Å². The predicted octanol–water partition coefficient (Wildman–Crippen LogP) is 1.71. The van der Waals surface area contributed by atoms with E-state index in [0.717, 1.165) is 5.56 Å². The fourth-order valence-electron chi connectivity index (χ4n) is 1.43. The third-order valence-electron chi connectivity index (χ3n) is 2.01. The molecule has 16 heavy (non-hydrogen) atoms. The van der Waals surface area contributed by atoms with Crippen molar-refractivity contribution in [1.29, 1.82) is 5.26 Å². The summed E-state index contributed by atoms with van der Waals surface area (Å²) in [5.74, 6) is 1.34. The van der Waals surface area contributed by atoms with Gasteiger partial charge >= 0.3 is 0 Å². The molecule has 0 amide bonds. The van der Waals surface area contributed by atoms with Crippen LogP contribution in [-0.2, 0) is 6.54 Å². The second-order valence-electron chi connectivity index (χ2n) is 3.15. The Balaban J connectivity index is 2.97. The van der Waals surface area contributed by atoms with E-state index in [0.29, 0.717) is 24.7 Å². The van der Waals surface area contributed by atoms with Crippen LogP contribution in [0, 0.1) is 11.3 Å². The highest BCUT2D eigenvalue weighted by Crippen LogP contribution is 2.31. The smallest absolute Gasteiger partial charge is 0.174 e. The maximum absolute atomic E-state index is 8.54. The highest BCUT2D eigenvalue weighted by molar-refractivity contribution is 5.46. The fourth-order valence-corrected chi connectivity index (χ4v) is 1.43. The van der Waals surface area contributed by atoms with E-state index in [2.05, 4.69) is 5.32 Å². The lowest BCUT2D eigenvalue weighted by Gasteiger charge is -2.14. The Bertz CT molecular complexity index is 348. The van der Waals surface area contributed by atoms with Gasteiger partial charge in [0.25, 0.3) is 0 Å². The zero-order valence-corrected chi connectivity index (χ0v) is 9.62.